The fourth-order valence-electron chi connectivity index (χ4n) is 4.63. The number of aliphatic hydroxyl groups excluding tert-OH is 1. The average Bonchev–Trinajstić information content (AvgIpc) is 2.81. The van der Waals surface area contributed by atoms with Crippen LogP contribution in [-0.4, -0.2) is 24.2 Å². The monoisotopic (exact) mass is 370 g/mol. The molecule has 128 valence electrons. The van der Waals surface area contributed by atoms with Gasteiger partial charge in [-0.1, -0.05) is 25.1 Å². The van der Waals surface area contributed by atoms with E-state index in [1.54, 1.807) is 6.07 Å². The van der Waals surface area contributed by atoms with E-state index in [1.165, 1.54) is 17.2 Å². The fraction of sp³-hybridized carbons (Fsp3) is 0.444. The Balaban J connectivity index is 0.00000182. The second-order valence-corrected chi connectivity index (χ2v) is 8.14. The van der Waals surface area contributed by atoms with Crippen LogP contribution in [0, 0.1) is 5.41 Å². The molecule has 0 bridgehead atoms. The van der Waals surface area contributed by atoms with Crippen molar-refractivity contribution in [3.63, 3.8) is 0 Å². The third kappa shape index (κ3) is 3.24. The van der Waals surface area contributed by atoms with Crippen molar-refractivity contribution in [2.45, 2.75) is 44.6 Å². The molecule has 2 aliphatic rings. The Morgan fingerprint density at radius 1 is 1.24 bits per heavy atom. The summed E-state index contributed by atoms with van der Waals surface area (Å²) in [5.74, 6) is 0.396. The van der Waals surface area contributed by atoms with Gasteiger partial charge in [-0.2, -0.15) is 0 Å². The van der Waals surface area contributed by atoms with Crippen molar-refractivity contribution >= 4 is 21.2 Å². The molecule has 0 saturated heterocycles. The molecule has 0 aromatic heterocycles. The first-order valence-electron chi connectivity index (χ1n) is 8.17. The molecule has 0 heterocycles. The molecule has 1 saturated carbocycles. The van der Waals surface area contributed by atoms with Crippen LogP contribution in [0.5, 0.6) is 5.75 Å². The van der Waals surface area contributed by atoms with E-state index in [4.69, 9.17) is 0 Å². The third-order valence-electron chi connectivity index (χ3n) is 5.91. The van der Waals surface area contributed by atoms with Crippen molar-refractivity contribution < 1.29 is 51.8 Å². The summed E-state index contributed by atoms with van der Waals surface area (Å²) in [6.07, 6.45) is 3.41. The summed E-state index contributed by atoms with van der Waals surface area (Å²) in [6.45, 7) is 2.18. The molecule has 25 heavy (non-hydrogen) atoms. The van der Waals surface area contributed by atoms with Crippen LogP contribution in [0.25, 0.3) is 10.8 Å². The minimum absolute atomic E-state index is 0. The van der Waals surface area contributed by atoms with Gasteiger partial charge in [-0.25, -0.2) is 8.42 Å². The largest absolute Gasteiger partial charge is 1.00 e. The summed E-state index contributed by atoms with van der Waals surface area (Å²) >= 11 is 0. The van der Waals surface area contributed by atoms with Gasteiger partial charge in [0.15, 0.2) is 0 Å². The Labute approximate surface area is 169 Å². The number of rotatable bonds is 2. The summed E-state index contributed by atoms with van der Waals surface area (Å²) in [5.41, 5.74) is 2.50. The van der Waals surface area contributed by atoms with E-state index < -0.39 is 10.4 Å². The maximum atomic E-state index is 10.8. The molecule has 2 aromatic rings. The second kappa shape index (κ2) is 6.51. The van der Waals surface area contributed by atoms with Gasteiger partial charge < -0.3 is 13.8 Å². The van der Waals surface area contributed by atoms with Gasteiger partial charge in [0.2, 0.25) is 0 Å². The van der Waals surface area contributed by atoms with Gasteiger partial charge in [0.05, 0.1) is 6.10 Å². The zero-order valence-electron chi connectivity index (χ0n) is 14.4. The Bertz CT molecular complexity index is 926. The summed E-state index contributed by atoms with van der Waals surface area (Å²) < 4.78 is 36.7. The van der Waals surface area contributed by atoms with Crippen molar-refractivity contribution in [3.05, 3.63) is 41.5 Å². The normalized spacial score (nSPS) is 28.1. The molecule has 1 fully saturated rings. The Hall–Kier alpha value is -0.630. The third-order valence-corrected chi connectivity index (χ3v) is 6.31. The number of benzene rings is 2. The Morgan fingerprint density at radius 2 is 2.00 bits per heavy atom. The summed E-state index contributed by atoms with van der Waals surface area (Å²) in [7, 11) is -4.77. The van der Waals surface area contributed by atoms with Crippen molar-refractivity contribution in [2.24, 2.45) is 5.41 Å². The number of aliphatic hydroxyl groups is 1. The minimum atomic E-state index is -4.77. The van der Waals surface area contributed by atoms with Crippen LogP contribution in [0.3, 0.4) is 0 Å². The molecular weight excluding hydrogens is 351 g/mol. The van der Waals surface area contributed by atoms with Gasteiger partial charge in [-0.15, -0.1) is 0 Å². The minimum Gasteiger partial charge on any atom is -0.716 e. The van der Waals surface area contributed by atoms with Crippen molar-refractivity contribution in [1.82, 2.24) is 0 Å². The van der Waals surface area contributed by atoms with E-state index in [1.807, 2.05) is 12.1 Å². The van der Waals surface area contributed by atoms with Crippen LogP contribution < -0.4 is 33.7 Å². The quantitative estimate of drug-likeness (QED) is 0.452. The van der Waals surface area contributed by atoms with Gasteiger partial charge in [-0.3, -0.25) is 0 Å². The second-order valence-electron chi connectivity index (χ2n) is 7.16. The van der Waals surface area contributed by atoms with Gasteiger partial charge >= 0.3 is 29.6 Å². The molecule has 3 atom stereocenters. The van der Waals surface area contributed by atoms with Crippen molar-refractivity contribution in [3.8, 4) is 5.75 Å². The van der Waals surface area contributed by atoms with Gasteiger partial charge in [0.1, 0.15) is 5.75 Å². The maximum absolute atomic E-state index is 10.8. The summed E-state index contributed by atoms with van der Waals surface area (Å²) in [6, 6.07) is 8.95. The molecule has 2 aliphatic carbocycles. The number of hydrogen-bond donors (Lipinski definition) is 1. The molecule has 7 heteroatoms. The van der Waals surface area contributed by atoms with Crippen LogP contribution in [0.1, 0.15) is 43.2 Å². The standard InChI is InChI=1S/C18H20O5S.Na/c1-18-9-8-14-13-5-3-12(23-24(20,21)22)10-11(13)2-4-15(14)16(18)6-7-17(18)19;/h2-5,10,16-17,19H,6-9H2,1H3,(H,20,21,22);/q;+1/p-1/t16?,17-,18?;/m1./s1. The van der Waals surface area contributed by atoms with Crippen molar-refractivity contribution in [1.29, 1.82) is 0 Å². The smallest absolute Gasteiger partial charge is 0.716 e. The molecule has 0 amide bonds. The first kappa shape index (κ1) is 19.1. The van der Waals surface area contributed by atoms with E-state index in [0.717, 1.165) is 36.5 Å². The molecule has 1 N–H and O–H groups in total. The zero-order chi connectivity index (χ0) is 17.1. The Morgan fingerprint density at radius 3 is 2.72 bits per heavy atom. The predicted octanol–water partition coefficient (Wildman–Crippen LogP) is -0.126. The molecule has 2 unspecified atom stereocenters. The van der Waals surface area contributed by atoms with Gasteiger partial charge in [-0.05, 0) is 65.6 Å². The predicted molar refractivity (Wildman–Crippen MR) is 88.7 cm³/mol. The molecule has 0 aliphatic heterocycles. The van der Waals surface area contributed by atoms with Gasteiger partial charge in [0, 0.05) is 5.41 Å². The number of aryl methyl sites for hydroxylation is 1. The van der Waals surface area contributed by atoms with Crippen LogP contribution in [0.4, 0.5) is 0 Å². The van der Waals surface area contributed by atoms with Crippen LogP contribution >= 0.6 is 0 Å². The maximum Gasteiger partial charge on any atom is 1.00 e. The molecule has 5 nitrogen and oxygen atoms in total. The summed E-state index contributed by atoms with van der Waals surface area (Å²) in [5, 5.41) is 12.3. The SMILES string of the molecule is CC12CCc3c(ccc4cc(OS(=O)(=O)[O-])ccc34)C1CC[C@H]2O.[Na+]. The zero-order valence-corrected chi connectivity index (χ0v) is 17.2. The van der Waals surface area contributed by atoms with Crippen molar-refractivity contribution in [2.75, 3.05) is 0 Å². The first-order chi connectivity index (χ1) is 11.3. The number of hydrogen-bond acceptors (Lipinski definition) is 5. The van der Waals surface area contributed by atoms with E-state index in [-0.39, 0.29) is 46.8 Å². The fourth-order valence-corrected chi connectivity index (χ4v) is 4.97. The summed E-state index contributed by atoms with van der Waals surface area (Å²) in [4.78, 5) is 0. The molecule has 0 radical (unpaired) electrons. The molecule has 4 rings (SSSR count). The van der Waals surface area contributed by atoms with Crippen LogP contribution in [-0.2, 0) is 16.8 Å². The van der Waals surface area contributed by atoms with E-state index in [2.05, 4.69) is 17.2 Å². The van der Waals surface area contributed by atoms with Crippen LogP contribution in [0.2, 0.25) is 0 Å². The Kier molecular flexibility index (Phi) is 4.99. The van der Waals surface area contributed by atoms with Crippen LogP contribution in [0.15, 0.2) is 30.3 Å². The molecule has 0 spiro atoms. The van der Waals surface area contributed by atoms with E-state index in [0.29, 0.717) is 5.92 Å². The van der Waals surface area contributed by atoms with Gasteiger partial charge in [0.25, 0.3) is 10.4 Å². The first-order valence-corrected chi connectivity index (χ1v) is 9.50. The van der Waals surface area contributed by atoms with E-state index >= 15 is 0 Å². The average molecular weight is 370 g/mol. The molecular formula is C18H19NaO5S. The topological polar surface area (TPSA) is 86.7 Å². The van der Waals surface area contributed by atoms with E-state index in [9.17, 15) is 18.1 Å². The molecule has 2 aromatic carbocycles. The number of fused-ring (bicyclic) bond motifs is 5.